The van der Waals surface area contributed by atoms with E-state index in [0.29, 0.717) is 12.5 Å². The van der Waals surface area contributed by atoms with Crippen LogP contribution in [0.1, 0.15) is 32.6 Å². The summed E-state index contributed by atoms with van der Waals surface area (Å²) in [6, 6.07) is -0.310. The normalized spacial score (nSPS) is 16.9. The summed E-state index contributed by atoms with van der Waals surface area (Å²) in [4.78, 5) is 13.0. The van der Waals surface area contributed by atoms with Gasteiger partial charge in [-0.1, -0.05) is 0 Å². The van der Waals surface area contributed by atoms with Crippen molar-refractivity contribution in [2.75, 3.05) is 13.1 Å². The SMILES string of the molecule is CC(N)CC(=O)N(CCC(F)(F)F)CC1CC1.Cl. The second kappa shape index (κ2) is 7.19. The van der Waals surface area contributed by atoms with Crippen molar-refractivity contribution in [2.45, 2.75) is 44.8 Å². The Kier molecular flexibility index (Phi) is 6.99. The van der Waals surface area contributed by atoms with Gasteiger partial charge in [0, 0.05) is 25.6 Å². The fraction of sp³-hybridized carbons (Fsp3) is 0.909. The highest BCUT2D eigenvalue weighted by Crippen LogP contribution is 2.30. The van der Waals surface area contributed by atoms with Crippen LogP contribution in [0.2, 0.25) is 0 Å². The van der Waals surface area contributed by atoms with Gasteiger partial charge in [-0.3, -0.25) is 4.79 Å². The number of carbonyl (C=O) groups excluding carboxylic acids is 1. The number of rotatable bonds is 6. The summed E-state index contributed by atoms with van der Waals surface area (Å²) in [5.41, 5.74) is 5.49. The first kappa shape index (κ1) is 17.5. The second-order valence-corrected chi connectivity index (χ2v) is 4.83. The van der Waals surface area contributed by atoms with E-state index in [4.69, 9.17) is 5.73 Å². The summed E-state index contributed by atoms with van der Waals surface area (Å²) in [7, 11) is 0. The number of carbonyl (C=O) groups is 1. The topological polar surface area (TPSA) is 46.3 Å². The van der Waals surface area contributed by atoms with E-state index in [1.165, 1.54) is 4.90 Å². The highest BCUT2D eigenvalue weighted by atomic mass is 35.5. The minimum Gasteiger partial charge on any atom is -0.342 e. The summed E-state index contributed by atoms with van der Waals surface area (Å²) in [6.07, 6.45) is -3.02. The van der Waals surface area contributed by atoms with E-state index in [1.54, 1.807) is 6.92 Å². The molecule has 0 bridgehead atoms. The van der Waals surface area contributed by atoms with E-state index in [0.717, 1.165) is 12.8 Å². The zero-order valence-corrected chi connectivity index (χ0v) is 11.2. The monoisotopic (exact) mass is 288 g/mol. The van der Waals surface area contributed by atoms with Crippen LogP contribution < -0.4 is 5.73 Å². The van der Waals surface area contributed by atoms with Crippen molar-refractivity contribution in [3.05, 3.63) is 0 Å². The van der Waals surface area contributed by atoms with Crippen molar-refractivity contribution >= 4 is 18.3 Å². The van der Waals surface area contributed by atoms with Gasteiger partial charge in [0.1, 0.15) is 0 Å². The molecule has 18 heavy (non-hydrogen) atoms. The van der Waals surface area contributed by atoms with Crippen molar-refractivity contribution < 1.29 is 18.0 Å². The summed E-state index contributed by atoms with van der Waals surface area (Å²) in [5, 5.41) is 0. The number of hydrogen-bond donors (Lipinski definition) is 1. The number of nitrogens with zero attached hydrogens (tertiary/aromatic N) is 1. The fourth-order valence-corrected chi connectivity index (χ4v) is 1.60. The Labute approximate surface area is 111 Å². The lowest BCUT2D eigenvalue weighted by atomic mass is 10.2. The number of amides is 1. The molecule has 0 saturated heterocycles. The van der Waals surface area contributed by atoms with Crippen LogP contribution in [-0.4, -0.2) is 36.1 Å². The maximum absolute atomic E-state index is 12.1. The molecule has 1 aliphatic carbocycles. The molecule has 1 rings (SSSR count). The number of nitrogens with two attached hydrogens (primary N) is 1. The molecule has 0 heterocycles. The first-order valence-electron chi connectivity index (χ1n) is 5.88. The first-order valence-corrected chi connectivity index (χ1v) is 5.88. The Morgan fingerprint density at radius 1 is 1.44 bits per heavy atom. The molecular weight excluding hydrogens is 269 g/mol. The van der Waals surface area contributed by atoms with Crippen molar-refractivity contribution in [1.82, 2.24) is 4.90 Å². The van der Waals surface area contributed by atoms with Crippen molar-refractivity contribution in [3.63, 3.8) is 0 Å². The van der Waals surface area contributed by atoms with Gasteiger partial charge in [0.05, 0.1) is 6.42 Å². The zero-order valence-electron chi connectivity index (χ0n) is 10.4. The predicted octanol–water partition coefficient (Wildman–Crippen LogP) is 2.34. The summed E-state index contributed by atoms with van der Waals surface area (Å²) in [5.74, 6) is 0.122. The van der Waals surface area contributed by atoms with Crippen LogP contribution in [0.15, 0.2) is 0 Å². The van der Waals surface area contributed by atoms with Crippen molar-refractivity contribution in [2.24, 2.45) is 11.7 Å². The van der Waals surface area contributed by atoms with Crippen molar-refractivity contribution in [3.8, 4) is 0 Å². The molecule has 0 radical (unpaired) electrons. The maximum Gasteiger partial charge on any atom is 0.390 e. The van der Waals surface area contributed by atoms with Crippen LogP contribution in [0, 0.1) is 5.92 Å². The molecule has 7 heteroatoms. The molecule has 0 spiro atoms. The van der Waals surface area contributed by atoms with Crippen LogP contribution in [0.25, 0.3) is 0 Å². The molecule has 1 unspecified atom stereocenters. The molecule has 1 amide bonds. The van der Waals surface area contributed by atoms with Gasteiger partial charge in [-0.2, -0.15) is 13.2 Å². The van der Waals surface area contributed by atoms with Crippen LogP contribution in [0.5, 0.6) is 0 Å². The minimum absolute atomic E-state index is 0. The smallest absolute Gasteiger partial charge is 0.342 e. The third-order valence-electron chi connectivity index (χ3n) is 2.69. The third-order valence-corrected chi connectivity index (χ3v) is 2.69. The van der Waals surface area contributed by atoms with E-state index in [2.05, 4.69) is 0 Å². The van der Waals surface area contributed by atoms with E-state index in [9.17, 15) is 18.0 Å². The largest absolute Gasteiger partial charge is 0.390 e. The molecule has 0 aromatic carbocycles. The molecule has 1 fully saturated rings. The van der Waals surface area contributed by atoms with Crippen LogP contribution in [-0.2, 0) is 4.79 Å². The third kappa shape index (κ3) is 7.76. The average Bonchev–Trinajstić information content (AvgIpc) is 2.92. The van der Waals surface area contributed by atoms with Crippen LogP contribution >= 0.6 is 12.4 Å². The predicted molar refractivity (Wildman–Crippen MR) is 65.5 cm³/mol. The van der Waals surface area contributed by atoms with E-state index in [1.807, 2.05) is 0 Å². The average molecular weight is 289 g/mol. The Morgan fingerprint density at radius 2 is 2.00 bits per heavy atom. The molecule has 2 N–H and O–H groups in total. The zero-order chi connectivity index (χ0) is 13.1. The van der Waals surface area contributed by atoms with Gasteiger partial charge in [-0.25, -0.2) is 0 Å². The lowest BCUT2D eigenvalue weighted by molar-refractivity contribution is -0.145. The van der Waals surface area contributed by atoms with Gasteiger partial charge in [-0.15, -0.1) is 12.4 Å². The lowest BCUT2D eigenvalue weighted by Crippen LogP contribution is -2.38. The highest BCUT2D eigenvalue weighted by molar-refractivity contribution is 5.85. The molecule has 1 atom stereocenters. The van der Waals surface area contributed by atoms with Crippen molar-refractivity contribution in [1.29, 1.82) is 0 Å². The standard InChI is InChI=1S/C11H19F3N2O.ClH/c1-8(15)6-10(17)16(7-9-2-3-9)5-4-11(12,13)14;/h8-9H,2-7,15H2,1H3;1H. The van der Waals surface area contributed by atoms with E-state index < -0.39 is 12.6 Å². The summed E-state index contributed by atoms with van der Waals surface area (Å²) < 4.78 is 36.4. The molecule has 0 aliphatic heterocycles. The maximum atomic E-state index is 12.1. The highest BCUT2D eigenvalue weighted by Gasteiger charge is 2.31. The number of alkyl halides is 3. The molecule has 108 valence electrons. The van der Waals surface area contributed by atoms with Gasteiger partial charge in [-0.05, 0) is 25.7 Å². The molecule has 3 nitrogen and oxygen atoms in total. The Hall–Kier alpha value is -0.490. The summed E-state index contributed by atoms with van der Waals surface area (Å²) in [6.45, 7) is 1.88. The first-order chi connectivity index (χ1) is 7.78. The Balaban J connectivity index is 0.00000289. The lowest BCUT2D eigenvalue weighted by Gasteiger charge is -2.24. The molecule has 1 aliphatic rings. The number of hydrogen-bond acceptors (Lipinski definition) is 2. The Morgan fingerprint density at radius 3 is 2.39 bits per heavy atom. The van der Waals surface area contributed by atoms with Gasteiger partial charge >= 0.3 is 6.18 Å². The van der Waals surface area contributed by atoms with E-state index >= 15 is 0 Å². The van der Waals surface area contributed by atoms with Gasteiger partial charge in [0.2, 0.25) is 5.91 Å². The van der Waals surface area contributed by atoms with Crippen LogP contribution in [0.3, 0.4) is 0 Å². The molecule has 0 aromatic rings. The number of halogens is 4. The van der Waals surface area contributed by atoms with Gasteiger partial charge in [0.15, 0.2) is 0 Å². The molecule has 0 aromatic heterocycles. The van der Waals surface area contributed by atoms with Crippen LogP contribution in [0.4, 0.5) is 13.2 Å². The van der Waals surface area contributed by atoms with E-state index in [-0.39, 0.29) is 37.3 Å². The Bertz CT molecular complexity index is 268. The summed E-state index contributed by atoms with van der Waals surface area (Å²) >= 11 is 0. The van der Waals surface area contributed by atoms with Gasteiger partial charge < -0.3 is 10.6 Å². The molecule has 1 saturated carbocycles. The fourth-order valence-electron chi connectivity index (χ4n) is 1.60. The quantitative estimate of drug-likeness (QED) is 0.815. The minimum atomic E-state index is -4.21. The molecular formula is C11H20ClF3N2O. The second-order valence-electron chi connectivity index (χ2n) is 4.83. The van der Waals surface area contributed by atoms with Gasteiger partial charge in [0.25, 0.3) is 0 Å².